The van der Waals surface area contributed by atoms with Crippen molar-refractivity contribution in [1.82, 2.24) is 5.32 Å². The molecule has 2 nitrogen and oxygen atoms in total. The van der Waals surface area contributed by atoms with E-state index in [1.165, 1.54) is 11.1 Å². The number of carbonyl (C=O) groups excluding carboxylic acids is 1. The molecule has 3 rings (SSSR count). The maximum absolute atomic E-state index is 12.0. The zero-order chi connectivity index (χ0) is 13.8. The summed E-state index contributed by atoms with van der Waals surface area (Å²) in [5.74, 6) is 0.308. The molecule has 0 saturated heterocycles. The summed E-state index contributed by atoms with van der Waals surface area (Å²) in [5.41, 5.74) is 3.61. The first-order valence-electron chi connectivity index (χ1n) is 6.91. The van der Waals surface area contributed by atoms with Crippen LogP contribution in [0.1, 0.15) is 29.0 Å². The van der Waals surface area contributed by atoms with Gasteiger partial charge in [0, 0.05) is 18.9 Å². The van der Waals surface area contributed by atoms with Crippen LogP contribution in [-0.2, 0) is 11.3 Å². The molecule has 2 heteroatoms. The molecule has 0 aromatic heterocycles. The van der Waals surface area contributed by atoms with Gasteiger partial charge in [0.05, 0.1) is 0 Å². The van der Waals surface area contributed by atoms with Crippen LogP contribution in [0, 0.1) is 0 Å². The second-order valence-electron chi connectivity index (χ2n) is 5.06. The number of rotatable bonds is 4. The highest BCUT2D eigenvalue weighted by Gasteiger charge is 2.19. The minimum absolute atomic E-state index is 0.0974. The number of amides is 1. The van der Waals surface area contributed by atoms with E-state index in [1.807, 2.05) is 42.5 Å². The highest BCUT2D eigenvalue weighted by atomic mass is 16.1. The first-order chi connectivity index (χ1) is 9.83. The summed E-state index contributed by atoms with van der Waals surface area (Å²) in [5, 5.41) is 2.98. The van der Waals surface area contributed by atoms with Gasteiger partial charge in [-0.1, -0.05) is 66.7 Å². The lowest BCUT2D eigenvalue weighted by atomic mass is 9.97. The van der Waals surface area contributed by atoms with Crippen molar-refractivity contribution in [3.8, 4) is 0 Å². The van der Waals surface area contributed by atoms with E-state index >= 15 is 0 Å². The molecule has 1 amide bonds. The van der Waals surface area contributed by atoms with Gasteiger partial charge >= 0.3 is 0 Å². The highest BCUT2D eigenvalue weighted by molar-refractivity contribution is 5.78. The maximum Gasteiger partial charge on any atom is 0.221 e. The molecule has 2 aromatic rings. The average molecular weight is 263 g/mol. The van der Waals surface area contributed by atoms with Crippen LogP contribution in [0.2, 0.25) is 0 Å². The molecule has 0 saturated carbocycles. The molecule has 1 atom stereocenters. The summed E-state index contributed by atoms with van der Waals surface area (Å²) < 4.78 is 0. The van der Waals surface area contributed by atoms with Crippen LogP contribution < -0.4 is 5.32 Å². The maximum atomic E-state index is 12.0. The first kappa shape index (κ1) is 12.7. The lowest BCUT2D eigenvalue weighted by Crippen LogP contribution is -2.24. The average Bonchev–Trinajstić information content (AvgIpc) is 2.90. The van der Waals surface area contributed by atoms with Crippen LogP contribution in [0.25, 0.3) is 6.08 Å². The summed E-state index contributed by atoms with van der Waals surface area (Å²) in [6.07, 6.45) is 4.73. The smallest absolute Gasteiger partial charge is 0.221 e. The minimum Gasteiger partial charge on any atom is -0.352 e. The standard InChI is InChI=1S/C18H17NO/c20-18(19-13-14-6-2-1-3-7-14)12-16-11-10-15-8-4-5-9-17(15)16/h1-11,16H,12-13H2,(H,19,20). The molecule has 1 aliphatic carbocycles. The predicted molar refractivity (Wildman–Crippen MR) is 81.1 cm³/mol. The molecule has 1 aliphatic rings. The molecule has 0 radical (unpaired) electrons. The van der Waals surface area contributed by atoms with E-state index in [9.17, 15) is 4.79 Å². The van der Waals surface area contributed by atoms with Crippen molar-refractivity contribution in [2.75, 3.05) is 0 Å². The summed E-state index contributed by atoms with van der Waals surface area (Å²) >= 11 is 0. The van der Waals surface area contributed by atoms with E-state index < -0.39 is 0 Å². The Hall–Kier alpha value is -2.35. The Bertz CT molecular complexity index is 631. The van der Waals surface area contributed by atoms with Crippen LogP contribution in [0.3, 0.4) is 0 Å². The zero-order valence-corrected chi connectivity index (χ0v) is 11.3. The van der Waals surface area contributed by atoms with Gasteiger partial charge in [-0.25, -0.2) is 0 Å². The van der Waals surface area contributed by atoms with Crippen LogP contribution >= 0.6 is 0 Å². The van der Waals surface area contributed by atoms with Gasteiger partial charge in [-0.05, 0) is 16.7 Å². The van der Waals surface area contributed by atoms with Crippen molar-refractivity contribution in [3.05, 3.63) is 77.4 Å². The number of hydrogen-bond donors (Lipinski definition) is 1. The highest BCUT2D eigenvalue weighted by Crippen LogP contribution is 2.31. The predicted octanol–water partition coefficient (Wildman–Crippen LogP) is 3.50. The van der Waals surface area contributed by atoms with Crippen molar-refractivity contribution in [3.63, 3.8) is 0 Å². The van der Waals surface area contributed by atoms with Crippen LogP contribution in [0.4, 0.5) is 0 Å². The molecular weight excluding hydrogens is 246 g/mol. The molecule has 0 fully saturated rings. The Balaban J connectivity index is 1.57. The Morgan fingerprint density at radius 1 is 1.00 bits per heavy atom. The fourth-order valence-corrected chi connectivity index (χ4v) is 2.57. The van der Waals surface area contributed by atoms with E-state index in [0.717, 1.165) is 5.56 Å². The van der Waals surface area contributed by atoms with Gasteiger partial charge in [0.2, 0.25) is 5.91 Å². The lowest BCUT2D eigenvalue weighted by Gasteiger charge is -2.11. The monoisotopic (exact) mass is 263 g/mol. The number of hydrogen-bond acceptors (Lipinski definition) is 1. The van der Waals surface area contributed by atoms with Gasteiger partial charge in [0.25, 0.3) is 0 Å². The topological polar surface area (TPSA) is 29.1 Å². The van der Waals surface area contributed by atoms with Crippen molar-refractivity contribution in [2.45, 2.75) is 18.9 Å². The second kappa shape index (κ2) is 5.74. The fraction of sp³-hybridized carbons (Fsp3) is 0.167. The molecule has 2 aromatic carbocycles. The van der Waals surface area contributed by atoms with Crippen molar-refractivity contribution in [1.29, 1.82) is 0 Å². The first-order valence-corrected chi connectivity index (χ1v) is 6.91. The molecule has 20 heavy (non-hydrogen) atoms. The van der Waals surface area contributed by atoms with Crippen molar-refractivity contribution in [2.24, 2.45) is 0 Å². The molecular formula is C18H17NO. The Morgan fingerprint density at radius 2 is 1.75 bits per heavy atom. The van der Waals surface area contributed by atoms with Gasteiger partial charge < -0.3 is 5.32 Å². The van der Waals surface area contributed by atoms with E-state index in [0.29, 0.717) is 13.0 Å². The Morgan fingerprint density at radius 3 is 2.60 bits per heavy atom. The Kier molecular flexibility index (Phi) is 3.64. The fourth-order valence-electron chi connectivity index (χ4n) is 2.57. The third kappa shape index (κ3) is 2.80. The SMILES string of the molecule is O=C(CC1C=Cc2ccccc21)NCc1ccccc1. The minimum atomic E-state index is 0.0974. The normalized spacial score (nSPS) is 15.9. The van der Waals surface area contributed by atoms with E-state index in [1.54, 1.807) is 0 Å². The number of allylic oxidation sites excluding steroid dienone is 1. The molecule has 0 aliphatic heterocycles. The summed E-state index contributed by atoms with van der Waals surface area (Å²) in [6, 6.07) is 18.2. The molecule has 100 valence electrons. The third-order valence-electron chi connectivity index (χ3n) is 3.64. The molecule has 0 heterocycles. The summed E-state index contributed by atoms with van der Waals surface area (Å²) in [7, 11) is 0. The van der Waals surface area contributed by atoms with E-state index in [2.05, 4.69) is 29.6 Å². The van der Waals surface area contributed by atoms with E-state index in [4.69, 9.17) is 0 Å². The summed E-state index contributed by atoms with van der Waals surface area (Å²) in [4.78, 5) is 12.0. The number of nitrogens with one attached hydrogen (secondary N) is 1. The Labute approximate surface area is 119 Å². The lowest BCUT2D eigenvalue weighted by molar-refractivity contribution is -0.121. The largest absolute Gasteiger partial charge is 0.352 e. The molecule has 0 spiro atoms. The molecule has 1 unspecified atom stereocenters. The van der Waals surface area contributed by atoms with Crippen LogP contribution in [0.15, 0.2) is 60.7 Å². The van der Waals surface area contributed by atoms with Crippen LogP contribution in [-0.4, -0.2) is 5.91 Å². The van der Waals surface area contributed by atoms with Crippen molar-refractivity contribution < 1.29 is 4.79 Å². The third-order valence-corrected chi connectivity index (χ3v) is 3.64. The number of fused-ring (bicyclic) bond motifs is 1. The van der Waals surface area contributed by atoms with Crippen molar-refractivity contribution >= 4 is 12.0 Å². The second-order valence-corrected chi connectivity index (χ2v) is 5.06. The van der Waals surface area contributed by atoms with Gasteiger partial charge in [-0.3, -0.25) is 4.79 Å². The number of benzene rings is 2. The number of carbonyl (C=O) groups is 1. The zero-order valence-electron chi connectivity index (χ0n) is 11.3. The van der Waals surface area contributed by atoms with Crippen LogP contribution in [0.5, 0.6) is 0 Å². The van der Waals surface area contributed by atoms with Gasteiger partial charge in [0.1, 0.15) is 0 Å². The molecule has 1 N–H and O–H groups in total. The van der Waals surface area contributed by atoms with Gasteiger partial charge in [0.15, 0.2) is 0 Å². The quantitative estimate of drug-likeness (QED) is 0.898. The summed E-state index contributed by atoms with van der Waals surface area (Å²) in [6.45, 7) is 0.595. The van der Waals surface area contributed by atoms with Gasteiger partial charge in [-0.15, -0.1) is 0 Å². The van der Waals surface area contributed by atoms with E-state index in [-0.39, 0.29) is 11.8 Å². The van der Waals surface area contributed by atoms with Gasteiger partial charge in [-0.2, -0.15) is 0 Å². The molecule has 0 bridgehead atoms.